The van der Waals surface area contributed by atoms with Gasteiger partial charge in [-0.25, -0.2) is 9.97 Å². The second-order valence-corrected chi connectivity index (χ2v) is 6.08. The summed E-state index contributed by atoms with van der Waals surface area (Å²) in [7, 11) is 0. The number of rotatable bonds is 4. The van der Waals surface area contributed by atoms with Gasteiger partial charge in [-0.1, -0.05) is 35.3 Å². The van der Waals surface area contributed by atoms with Crippen LogP contribution in [0.4, 0.5) is 0 Å². The Morgan fingerprint density at radius 3 is 1.54 bits per heavy atom. The van der Waals surface area contributed by atoms with Crippen LogP contribution in [0.1, 0.15) is 0 Å². The molecule has 0 unspecified atom stereocenters. The van der Waals surface area contributed by atoms with E-state index in [4.69, 9.17) is 32.7 Å². The van der Waals surface area contributed by atoms with Crippen LogP contribution in [-0.2, 0) is 0 Å². The summed E-state index contributed by atoms with van der Waals surface area (Å²) >= 11 is 11.9. The minimum absolute atomic E-state index is 0.174. The molecule has 0 fully saturated rings. The molecule has 1 aromatic carbocycles. The van der Waals surface area contributed by atoms with Gasteiger partial charge in [0, 0.05) is 24.5 Å². The smallest absolute Gasteiger partial charge is 0.284 e. The van der Waals surface area contributed by atoms with Gasteiger partial charge >= 0.3 is 0 Å². The summed E-state index contributed by atoms with van der Waals surface area (Å²) in [4.78, 5) is 17.0. The standard InChI is InChI=1S/C18H10Cl2N4O2/c19-11-5-13(9-21-7-11)25-17-18(26-14-6-12(20)8-22-10-14)24-16-4-2-1-3-15(16)23-17/h1-10H. The monoisotopic (exact) mass is 384 g/mol. The van der Waals surface area contributed by atoms with Gasteiger partial charge in [0.15, 0.2) is 0 Å². The van der Waals surface area contributed by atoms with E-state index in [1.54, 1.807) is 12.1 Å². The van der Waals surface area contributed by atoms with Crippen LogP contribution in [0.5, 0.6) is 23.3 Å². The number of para-hydroxylation sites is 2. The van der Waals surface area contributed by atoms with E-state index in [0.717, 1.165) is 0 Å². The molecular weight excluding hydrogens is 375 g/mol. The molecule has 0 aliphatic rings. The molecule has 0 amide bonds. The van der Waals surface area contributed by atoms with Crippen molar-refractivity contribution < 1.29 is 9.47 Å². The third-order valence-electron chi connectivity index (χ3n) is 3.30. The van der Waals surface area contributed by atoms with Gasteiger partial charge in [0.05, 0.1) is 33.5 Å². The molecule has 0 spiro atoms. The highest BCUT2D eigenvalue weighted by atomic mass is 35.5. The fourth-order valence-electron chi connectivity index (χ4n) is 2.22. The van der Waals surface area contributed by atoms with Gasteiger partial charge in [-0.05, 0) is 12.1 Å². The summed E-state index contributed by atoms with van der Waals surface area (Å²) in [6, 6.07) is 10.6. The van der Waals surface area contributed by atoms with E-state index in [9.17, 15) is 0 Å². The predicted molar refractivity (Wildman–Crippen MR) is 98.2 cm³/mol. The summed E-state index contributed by atoms with van der Waals surface area (Å²) < 4.78 is 11.6. The molecule has 0 atom stereocenters. The second kappa shape index (κ2) is 7.11. The second-order valence-electron chi connectivity index (χ2n) is 5.20. The molecule has 4 rings (SSSR count). The van der Waals surface area contributed by atoms with Crippen molar-refractivity contribution in [2.75, 3.05) is 0 Å². The molecule has 8 heteroatoms. The molecule has 4 aromatic rings. The van der Waals surface area contributed by atoms with Crippen molar-refractivity contribution in [1.29, 1.82) is 0 Å². The molecule has 0 N–H and O–H groups in total. The van der Waals surface area contributed by atoms with Gasteiger partial charge in [-0.2, -0.15) is 0 Å². The zero-order chi connectivity index (χ0) is 17.9. The van der Waals surface area contributed by atoms with Crippen LogP contribution in [0.25, 0.3) is 11.0 Å². The van der Waals surface area contributed by atoms with E-state index >= 15 is 0 Å². The first-order chi connectivity index (χ1) is 12.7. The van der Waals surface area contributed by atoms with Crippen molar-refractivity contribution in [1.82, 2.24) is 19.9 Å². The van der Waals surface area contributed by atoms with E-state index < -0.39 is 0 Å². The molecule has 0 aliphatic heterocycles. The Morgan fingerprint density at radius 1 is 0.654 bits per heavy atom. The highest BCUT2D eigenvalue weighted by Crippen LogP contribution is 2.33. The average molecular weight is 385 g/mol. The Morgan fingerprint density at radius 2 is 1.12 bits per heavy atom. The van der Waals surface area contributed by atoms with Crippen LogP contribution in [0, 0.1) is 0 Å². The van der Waals surface area contributed by atoms with E-state index in [0.29, 0.717) is 32.6 Å². The number of nitrogens with zero attached hydrogens (tertiary/aromatic N) is 4. The van der Waals surface area contributed by atoms with Crippen molar-refractivity contribution >= 4 is 34.2 Å². The highest BCUT2D eigenvalue weighted by Gasteiger charge is 2.15. The van der Waals surface area contributed by atoms with Crippen LogP contribution in [0.2, 0.25) is 10.0 Å². The lowest BCUT2D eigenvalue weighted by Crippen LogP contribution is -1.98. The SMILES string of the molecule is Clc1cncc(Oc2nc3ccccc3nc2Oc2cncc(Cl)c2)c1. The summed E-state index contributed by atoms with van der Waals surface area (Å²) in [5.41, 5.74) is 1.32. The summed E-state index contributed by atoms with van der Waals surface area (Å²) in [6.45, 7) is 0. The zero-order valence-corrected chi connectivity index (χ0v) is 14.6. The Labute approximate surface area is 158 Å². The molecule has 3 heterocycles. The van der Waals surface area contributed by atoms with Crippen LogP contribution in [0.3, 0.4) is 0 Å². The number of fused-ring (bicyclic) bond motifs is 1. The van der Waals surface area contributed by atoms with Crippen molar-refractivity contribution in [3.8, 4) is 23.3 Å². The maximum Gasteiger partial charge on any atom is 0.284 e. The van der Waals surface area contributed by atoms with E-state index in [1.807, 2.05) is 24.3 Å². The van der Waals surface area contributed by atoms with Crippen molar-refractivity contribution in [3.63, 3.8) is 0 Å². The number of hydrogen-bond donors (Lipinski definition) is 0. The molecular formula is C18H10Cl2N4O2. The molecule has 0 saturated carbocycles. The van der Waals surface area contributed by atoms with Crippen LogP contribution >= 0.6 is 23.2 Å². The molecule has 0 saturated heterocycles. The average Bonchev–Trinajstić information content (AvgIpc) is 2.62. The normalized spacial score (nSPS) is 10.7. The lowest BCUT2D eigenvalue weighted by Gasteiger charge is -2.11. The van der Waals surface area contributed by atoms with Crippen molar-refractivity contribution in [2.45, 2.75) is 0 Å². The number of pyridine rings is 2. The number of benzene rings is 1. The number of hydrogen-bond acceptors (Lipinski definition) is 6. The maximum atomic E-state index is 5.96. The number of ether oxygens (including phenoxy) is 2. The van der Waals surface area contributed by atoms with Gasteiger partial charge in [0.2, 0.25) is 0 Å². The first-order valence-corrected chi connectivity index (χ1v) is 8.26. The topological polar surface area (TPSA) is 70.0 Å². The Hall–Kier alpha value is -2.96. The summed E-state index contributed by atoms with van der Waals surface area (Å²) in [5, 5.41) is 0.885. The van der Waals surface area contributed by atoms with Crippen molar-refractivity contribution in [3.05, 3.63) is 71.2 Å². The van der Waals surface area contributed by atoms with Gasteiger partial charge < -0.3 is 9.47 Å². The molecule has 0 radical (unpaired) electrons. The van der Waals surface area contributed by atoms with E-state index in [-0.39, 0.29) is 11.8 Å². The molecule has 128 valence electrons. The van der Waals surface area contributed by atoms with Crippen LogP contribution < -0.4 is 9.47 Å². The fraction of sp³-hybridized carbons (Fsp3) is 0. The minimum atomic E-state index is 0.174. The number of aromatic nitrogens is 4. The highest BCUT2D eigenvalue weighted by molar-refractivity contribution is 6.30. The van der Waals surface area contributed by atoms with Crippen LogP contribution in [-0.4, -0.2) is 19.9 Å². The lowest BCUT2D eigenvalue weighted by molar-refractivity contribution is 0.393. The molecule has 0 bridgehead atoms. The van der Waals surface area contributed by atoms with Gasteiger partial charge in [0.25, 0.3) is 11.8 Å². The Balaban J connectivity index is 1.78. The fourth-order valence-corrected chi connectivity index (χ4v) is 2.55. The minimum Gasteiger partial charge on any atom is -0.433 e. The quantitative estimate of drug-likeness (QED) is 0.474. The first-order valence-electron chi connectivity index (χ1n) is 7.51. The van der Waals surface area contributed by atoms with E-state index in [2.05, 4.69) is 19.9 Å². The number of halogens is 2. The molecule has 26 heavy (non-hydrogen) atoms. The third kappa shape index (κ3) is 3.66. The largest absolute Gasteiger partial charge is 0.433 e. The molecule has 0 aliphatic carbocycles. The van der Waals surface area contributed by atoms with E-state index in [1.165, 1.54) is 24.8 Å². The van der Waals surface area contributed by atoms with Gasteiger partial charge in [0.1, 0.15) is 11.5 Å². The summed E-state index contributed by atoms with van der Waals surface area (Å²) in [6.07, 6.45) is 6.06. The maximum absolute atomic E-state index is 5.96. The van der Waals surface area contributed by atoms with Gasteiger partial charge in [-0.3, -0.25) is 9.97 Å². The summed E-state index contributed by atoms with van der Waals surface area (Å²) in [5.74, 6) is 1.17. The lowest BCUT2D eigenvalue weighted by atomic mass is 10.3. The Kier molecular flexibility index (Phi) is 4.51. The van der Waals surface area contributed by atoms with Crippen molar-refractivity contribution in [2.24, 2.45) is 0 Å². The predicted octanol–water partition coefficient (Wildman–Crippen LogP) is 5.31. The Bertz CT molecular complexity index is 1010. The molecule has 6 nitrogen and oxygen atoms in total. The zero-order valence-electron chi connectivity index (χ0n) is 13.1. The first kappa shape index (κ1) is 16.5. The molecule has 3 aromatic heterocycles. The third-order valence-corrected chi connectivity index (χ3v) is 3.71. The van der Waals surface area contributed by atoms with Gasteiger partial charge in [-0.15, -0.1) is 0 Å². The van der Waals surface area contributed by atoms with Crippen LogP contribution in [0.15, 0.2) is 61.2 Å².